The number of pyridine rings is 2. The number of rotatable bonds is 5. The second-order valence-corrected chi connectivity index (χ2v) is 16.1. The number of nitrogens with zero attached hydrogens (tertiary/aromatic N) is 9. The van der Waals surface area contributed by atoms with Gasteiger partial charge in [-0.25, -0.2) is 23.7 Å². The third kappa shape index (κ3) is 7.14. The molecule has 0 amide bonds. The molecule has 9 aromatic rings. The van der Waals surface area contributed by atoms with Gasteiger partial charge < -0.3 is 24.3 Å². The molecule has 11 rings (SSSR count). The highest BCUT2D eigenvalue weighted by atomic mass is 79.9. The summed E-state index contributed by atoms with van der Waals surface area (Å²) in [5.41, 5.74) is 9.84. The number of benzene rings is 4. The fraction of sp³-hybridized carbons (Fsp3) is 0.222. The van der Waals surface area contributed by atoms with Crippen LogP contribution in [0.4, 0.5) is 20.2 Å². The summed E-state index contributed by atoms with van der Waals surface area (Å²) in [6.07, 6.45) is 4.99. The number of aromatic amines is 1. The van der Waals surface area contributed by atoms with Gasteiger partial charge in [0, 0.05) is 70.8 Å². The first kappa shape index (κ1) is 39.2. The van der Waals surface area contributed by atoms with E-state index < -0.39 is 0 Å². The van der Waals surface area contributed by atoms with E-state index in [-0.39, 0.29) is 11.6 Å². The minimum Gasteiger partial charge on any atom is -0.378 e. The van der Waals surface area contributed by atoms with Crippen LogP contribution in [0.15, 0.2) is 95.9 Å². The number of fused-ring (bicyclic) bond motifs is 4. The van der Waals surface area contributed by atoms with E-state index in [0.29, 0.717) is 29.5 Å². The van der Waals surface area contributed by atoms with Crippen LogP contribution in [-0.4, -0.2) is 91.6 Å². The van der Waals surface area contributed by atoms with Crippen LogP contribution in [0.3, 0.4) is 0 Å². The molecule has 0 radical (unpaired) electrons. The highest BCUT2D eigenvalue weighted by Gasteiger charge is 2.23. The summed E-state index contributed by atoms with van der Waals surface area (Å²) in [5, 5.41) is 1.81. The third-order valence-electron chi connectivity index (χ3n) is 11.2. The minimum atomic E-state index is -0.349. The van der Waals surface area contributed by atoms with Gasteiger partial charge in [-0.05, 0) is 89.9 Å². The summed E-state index contributed by atoms with van der Waals surface area (Å²) < 4.78 is 44.9. The number of morpholine rings is 2. The molecule has 0 spiro atoms. The summed E-state index contributed by atoms with van der Waals surface area (Å²) >= 11 is 9.79. The molecule has 2 aliphatic heterocycles. The molecule has 2 fully saturated rings. The van der Waals surface area contributed by atoms with Crippen LogP contribution >= 0.6 is 27.5 Å². The first-order valence-corrected chi connectivity index (χ1v) is 21.1. The maximum atomic E-state index is 14.5. The predicted molar refractivity (Wildman–Crippen MR) is 238 cm³/mol. The smallest absolute Gasteiger partial charge is 0.200 e. The quantitative estimate of drug-likeness (QED) is 0.180. The van der Waals surface area contributed by atoms with E-state index in [1.165, 1.54) is 12.1 Å². The number of hydrogen-bond acceptors (Lipinski definition) is 9. The van der Waals surface area contributed by atoms with Crippen LogP contribution in [0.2, 0.25) is 5.28 Å². The lowest BCUT2D eigenvalue weighted by Gasteiger charge is -2.29. The molecule has 0 aliphatic carbocycles. The van der Waals surface area contributed by atoms with Crippen LogP contribution < -0.4 is 9.80 Å². The van der Waals surface area contributed by atoms with Crippen LogP contribution in [0.5, 0.6) is 0 Å². The second kappa shape index (κ2) is 16.1. The van der Waals surface area contributed by atoms with Gasteiger partial charge in [0.05, 0.1) is 66.2 Å². The number of halogens is 4. The maximum absolute atomic E-state index is 14.5. The number of aryl methyl sites for hydroxylation is 2. The van der Waals surface area contributed by atoms with Crippen molar-refractivity contribution in [3.8, 4) is 22.6 Å². The van der Waals surface area contributed by atoms with Crippen molar-refractivity contribution in [2.75, 3.05) is 62.4 Å². The maximum Gasteiger partial charge on any atom is 0.200 e. The summed E-state index contributed by atoms with van der Waals surface area (Å²) in [6, 6.07) is 22.4. The Morgan fingerprint density at radius 3 is 1.67 bits per heavy atom. The molecule has 0 unspecified atom stereocenters. The Labute approximate surface area is 361 Å². The van der Waals surface area contributed by atoms with Crippen LogP contribution in [0.25, 0.3) is 66.5 Å². The fourth-order valence-corrected chi connectivity index (χ4v) is 9.09. The standard InChI is InChI=1S/C24H20ClFN6O.C21H18BrFN4O/c1-14-29-23-17(19-13-28-24(25)30-19)11-15(31-7-9-33-10-8-31)12-21(23)32(14)20-5-6-27-22-16(20)3-2-4-18(22)26;1-13-25-21-16(22)11-14(26-7-9-28-10-8-26)12-19(21)27(13)18-5-6-24-20-15(18)3-2-4-17(20)23/h2-6,11-13H,7-10H2,1H3,(H,28,30);2-6,11-12H,7-10H2,1H3. The Morgan fingerprint density at radius 2 is 1.15 bits per heavy atom. The van der Waals surface area contributed by atoms with Crippen molar-refractivity contribution >= 4 is 82.8 Å². The van der Waals surface area contributed by atoms with Crippen molar-refractivity contribution in [1.29, 1.82) is 0 Å². The molecule has 4 aromatic carbocycles. The van der Waals surface area contributed by atoms with E-state index in [1.807, 2.05) is 38.1 Å². The van der Waals surface area contributed by atoms with Crippen molar-refractivity contribution in [1.82, 2.24) is 39.0 Å². The second-order valence-electron chi connectivity index (χ2n) is 14.9. The van der Waals surface area contributed by atoms with Gasteiger partial charge in [0.15, 0.2) is 5.28 Å². The molecule has 61 heavy (non-hydrogen) atoms. The lowest BCUT2D eigenvalue weighted by Crippen LogP contribution is -2.36. The number of imidazole rings is 3. The minimum absolute atomic E-state index is 0.321. The summed E-state index contributed by atoms with van der Waals surface area (Å²) in [5.74, 6) is 0.953. The topological polar surface area (TPSA) is 115 Å². The Kier molecular flexibility index (Phi) is 10.3. The van der Waals surface area contributed by atoms with E-state index >= 15 is 0 Å². The highest BCUT2D eigenvalue weighted by Crippen LogP contribution is 2.37. The lowest BCUT2D eigenvalue weighted by molar-refractivity contribution is 0.122. The van der Waals surface area contributed by atoms with Gasteiger partial charge >= 0.3 is 0 Å². The van der Waals surface area contributed by atoms with Gasteiger partial charge in [-0.3, -0.25) is 19.1 Å². The normalized spacial score (nSPS) is 14.7. The number of para-hydroxylation sites is 2. The molecule has 0 atom stereocenters. The molecular formula is C45H38BrClF2N10O2. The lowest BCUT2D eigenvalue weighted by atomic mass is 10.1. The fourth-order valence-electron chi connectivity index (χ4n) is 8.41. The van der Waals surface area contributed by atoms with Crippen LogP contribution in [0, 0.1) is 25.5 Å². The van der Waals surface area contributed by atoms with E-state index in [0.717, 1.165) is 122 Å². The molecule has 7 heterocycles. The highest BCUT2D eigenvalue weighted by molar-refractivity contribution is 9.10. The number of hydrogen-bond donors (Lipinski definition) is 1. The monoisotopic (exact) mass is 902 g/mol. The Morgan fingerprint density at radius 1 is 0.639 bits per heavy atom. The molecule has 5 aromatic heterocycles. The molecule has 308 valence electrons. The number of anilines is 2. The van der Waals surface area contributed by atoms with Crippen molar-refractivity contribution in [3.05, 3.63) is 124 Å². The van der Waals surface area contributed by atoms with E-state index in [9.17, 15) is 8.78 Å². The SMILES string of the molecule is Cc1nc2c(-c3cnc(Cl)[nH]3)cc(N3CCOCC3)cc2n1-c1ccnc2c(F)cccc12.Cc1nc2c(Br)cc(N3CCOCC3)cc2n1-c1ccnc2c(F)cccc12. The number of ether oxygens (including phenoxy) is 2. The van der Waals surface area contributed by atoms with Gasteiger partial charge in [0.2, 0.25) is 0 Å². The molecule has 2 saturated heterocycles. The molecule has 0 bridgehead atoms. The van der Waals surface area contributed by atoms with Crippen LogP contribution in [0.1, 0.15) is 11.6 Å². The van der Waals surface area contributed by atoms with Gasteiger partial charge in [-0.1, -0.05) is 24.3 Å². The average molecular weight is 904 g/mol. The third-order valence-corrected chi connectivity index (χ3v) is 12.0. The first-order valence-electron chi connectivity index (χ1n) is 19.9. The van der Waals surface area contributed by atoms with E-state index in [2.05, 4.69) is 79.1 Å². The average Bonchev–Trinajstić information content (AvgIpc) is 3.97. The zero-order valence-electron chi connectivity index (χ0n) is 33.2. The summed E-state index contributed by atoms with van der Waals surface area (Å²) in [7, 11) is 0. The van der Waals surface area contributed by atoms with Gasteiger partial charge in [-0.15, -0.1) is 0 Å². The molecule has 0 saturated carbocycles. The Balaban J connectivity index is 0.000000148. The molecular weight excluding hydrogens is 866 g/mol. The van der Waals surface area contributed by atoms with Crippen molar-refractivity contribution in [2.24, 2.45) is 0 Å². The number of nitrogens with one attached hydrogen (secondary N) is 1. The summed E-state index contributed by atoms with van der Waals surface area (Å²) in [4.78, 5) is 30.1. The number of aromatic nitrogens is 8. The zero-order chi connectivity index (χ0) is 41.8. The van der Waals surface area contributed by atoms with Gasteiger partial charge in [-0.2, -0.15) is 0 Å². The Bertz CT molecular complexity index is 3120. The van der Waals surface area contributed by atoms with Crippen molar-refractivity contribution in [3.63, 3.8) is 0 Å². The largest absolute Gasteiger partial charge is 0.378 e. The number of H-pyrrole nitrogens is 1. The van der Waals surface area contributed by atoms with Crippen molar-refractivity contribution in [2.45, 2.75) is 13.8 Å². The molecule has 2 aliphatic rings. The first-order chi connectivity index (χ1) is 29.7. The predicted octanol–water partition coefficient (Wildman–Crippen LogP) is 9.52. The van der Waals surface area contributed by atoms with E-state index in [1.54, 1.807) is 30.7 Å². The van der Waals surface area contributed by atoms with Crippen molar-refractivity contribution < 1.29 is 18.3 Å². The Hall–Kier alpha value is -6.00. The zero-order valence-corrected chi connectivity index (χ0v) is 35.5. The molecule has 16 heteroatoms. The summed E-state index contributed by atoms with van der Waals surface area (Å²) in [6.45, 7) is 10.0. The van der Waals surface area contributed by atoms with Crippen LogP contribution in [-0.2, 0) is 9.47 Å². The molecule has 1 N–H and O–H groups in total. The van der Waals surface area contributed by atoms with Gasteiger partial charge in [0.25, 0.3) is 0 Å². The van der Waals surface area contributed by atoms with E-state index in [4.69, 9.17) is 31.0 Å². The van der Waals surface area contributed by atoms with Gasteiger partial charge in [0.1, 0.15) is 39.8 Å². The molecule has 12 nitrogen and oxygen atoms in total.